The Kier molecular flexibility index (Phi) is 8.38. The smallest absolute Gasteiger partial charge is 0.254 e. The highest BCUT2D eigenvalue weighted by molar-refractivity contribution is 5.94. The van der Waals surface area contributed by atoms with Gasteiger partial charge in [0, 0.05) is 18.7 Å². The zero-order chi connectivity index (χ0) is 15.8. The van der Waals surface area contributed by atoms with Crippen LogP contribution in [0.2, 0.25) is 0 Å². The van der Waals surface area contributed by atoms with Gasteiger partial charge in [0.25, 0.3) is 5.91 Å². The maximum absolute atomic E-state index is 12.7. The van der Waals surface area contributed by atoms with Crippen molar-refractivity contribution in [2.24, 2.45) is 5.73 Å². The van der Waals surface area contributed by atoms with Crippen LogP contribution in [0.1, 0.15) is 34.8 Å². The molecule has 0 bridgehead atoms. The van der Waals surface area contributed by atoms with Gasteiger partial charge < -0.3 is 10.6 Å². The van der Waals surface area contributed by atoms with Gasteiger partial charge in [-0.25, -0.2) is 0 Å². The predicted molar refractivity (Wildman–Crippen MR) is 97.9 cm³/mol. The van der Waals surface area contributed by atoms with Gasteiger partial charge in [-0.3, -0.25) is 4.79 Å². The molecule has 2 N–H and O–H groups in total. The molecule has 0 aliphatic rings. The fourth-order valence-electron chi connectivity index (χ4n) is 2.40. The summed E-state index contributed by atoms with van der Waals surface area (Å²) in [6.45, 7) is 4.00. The van der Waals surface area contributed by atoms with Crippen LogP contribution in [0.25, 0.3) is 0 Å². The van der Waals surface area contributed by atoms with Crippen molar-refractivity contribution in [1.82, 2.24) is 4.90 Å². The molecular formula is C19H25ClN2O. The highest BCUT2D eigenvalue weighted by Gasteiger charge is 2.15. The number of amides is 1. The van der Waals surface area contributed by atoms with Crippen molar-refractivity contribution < 1.29 is 4.79 Å². The van der Waals surface area contributed by atoms with Crippen LogP contribution < -0.4 is 5.73 Å². The molecule has 0 aliphatic heterocycles. The number of nitrogens with zero attached hydrogens (tertiary/aromatic N) is 1. The van der Waals surface area contributed by atoms with Crippen molar-refractivity contribution in [2.75, 3.05) is 13.1 Å². The van der Waals surface area contributed by atoms with E-state index in [1.54, 1.807) is 0 Å². The first-order chi connectivity index (χ1) is 10.7. The molecule has 0 radical (unpaired) electrons. The number of carbonyl (C=O) groups excluding carboxylic acids is 1. The average Bonchev–Trinajstić information content (AvgIpc) is 2.59. The zero-order valence-corrected chi connectivity index (χ0v) is 14.4. The molecule has 0 saturated heterocycles. The van der Waals surface area contributed by atoms with Crippen LogP contribution in [-0.4, -0.2) is 23.9 Å². The largest absolute Gasteiger partial charge is 0.334 e. The molecule has 0 saturated carbocycles. The lowest BCUT2D eigenvalue weighted by Crippen LogP contribution is -2.32. The quantitative estimate of drug-likeness (QED) is 0.841. The van der Waals surface area contributed by atoms with Gasteiger partial charge in [0.15, 0.2) is 0 Å². The molecule has 3 nitrogen and oxygen atoms in total. The zero-order valence-electron chi connectivity index (χ0n) is 13.6. The normalized spacial score (nSPS) is 10.0. The summed E-state index contributed by atoms with van der Waals surface area (Å²) >= 11 is 0. The minimum Gasteiger partial charge on any atom is -0.334 e. The van der Waals surface area contributed by atoms with E-state index in [0.29, 0.717) is 19.6 Å². The van der Waals surface area contributed by atoms with Crippen LogP contribution in [0.5, 0.6) is 0 Å². The maximum Gasteiger partial charge on any atom is 0.254 e. The second kappa shape index (κ2) is 10.0. The van der Waals surface area contributed by atoms with Crippen LogP contribution in [-0.2, 0) is 13.0 Å². The summed E-state index contributed by atoms with van der Waals surface area (Å²) in [5.41, 5.74) is 8.73. The van der Waals surface area contributed by atoms with Gasteiger partial charge in [-0.2, -0.15) is 0 Å². The molecule has 2 aromatic rings. The first-order valence-corrected chi connectivity index (χ1v) is 7.86. The Morgan fingerprint density at radius 2 is 1.65 bits per heavy atom. The molecule has 0 fully saturated rings. The molecule has 0 spiro atoms. The van der Waals surface area contributed by atoms with Crippen molar-refractivity contribution in [1.29, 1.82) is 0 Å². The van der Waals surface area contributed by atoms with Crippen LogP contribution in [0.3, 0.4) is 0 Å². The summed E-state index contributed by atoms with van der Waals surface area (Å²) in [5.74, 6) is 0.0694. The second-order valence-corrected chi connectivity index (χ2v) is 5.41. The number of benzene rings is 2. The number of carbonyl (C=O) groups is 1. The lowest BCUT2D eigenvalue weighted by Gasteiger charge is -2.23. The molecule has 0 aromatic heterocycles. The minimum atomic E-state index is 0. The first kappa shape index (κ1) is 19.2. The molecule has 0 heterocycles. The van der Waals surface area contributed by atoms with E-state index >= 15 is 0 Å². The summed E-state index contributed by atoms with van der Waals surface area (Å²) in [6.07, 6.45) is 1.79. The van der Waals surface area contributed by atoms with Crippen molar-refractivity contribution >= 4 is 18.3 Å². The number of hydrogen-bond acceptors (Lipinski definition) is 2. The highest BCUT2D eigenvalue weighted by atomic mass is 35.5. The molecule has 0 aliphatic carbocycles. The topological polar surface area (TPSA) is 46.3 Å². The van der Waals surface area contributed by atoms with E-state index in [2.05, 4.69) is 6.92 Å². The van der Waals surface area contributed by atoms with Crippen LogP contribution in [0, 0.1) is 0 Å². The Morgan fingerprint density at radius 3 is 2.22 bits per heavy atom. The summed E-state index contributed by atoms with van der Waals surface area (Å²) < 4.78 is 0. The molecule has 0 atom stereocenters. The lowest BCUT2D eigenvalue weighted by atomic mass is 10.1. The summed E-state index contributed by atoms with van der Waals surface area (Å²) in [6, 6.07) is 18.0. The Bertz CT molecular complexity index is 584. The lowest BCUT2D eigenvalue weighted by molar-refractivity contribution is 0.0742. The van der Waals surface area contributed by atoms with Gasteiger partial charge >= 0.3 is 0 Å². The van der Waals surface area contributed by atoms with Crippen molar-refractivity contribution in [3.05, 3.63) is 71.3 Å². The fourth-order valence-corrected chi connectivity index (χ4v) is 2.40. The average molecular weight is 333 g/mol. The van der Waals surface area contributed by atoms with E-state index in [0.717, 1.165) is 24.0 Å². The molecule has 23 heavy (non-hydrogen) atoms. The molecule has 4 heteroatoms. The third-order valence-electron chi connectivity index (χ3n) is 3.74. The van der Waals surface area contributed by atoms with Gasteiger partial charge in [0.1, 0.15) is 0 Å². The molecule has 2 rings (SSSR count). The monoisotopic (exact) mass is 332 g/mol. The Hall–Kier alpha value is -1.84. The van der Waals surface area contributed by atoms with Gasteiger partial charge in [-0.1, -0.05) is 49.4 Å². The molecule has 124 valence electrons. The van der Waals surface area contributed by atoms with Crippen LogP contribution >= 0.6 is 12.4 Å². The molecular weight excluding hydrogens is 308 g/mol. The van der Waals surface area contributed by atoms with E-state index in [1.807, 2.05) is 59.5 Å². The number of nitrogens with two attached hydrogens (primary N) is 1. The third kappa shape index (κ3) is 5.70. The number of halogens is 1. The Morgan fingerprint density at radius 1 is 1.00 bits per heavy atom. The van der Waals surface area contributed by atoms with E-state index < -0.39 is 0 Å². The first-order valence-electron chi connectivity index (χ1n) is 7.86. The van der Waals surface area contributed by atoms with Crippen LogP contribution in [0.15, 0.2) is 54.6 Å². The second-order valence-electron chi connectivity index (χ2n) is 5.41. The third-order valence-corrected chi connectivity index (χ3v) is 3.74. The Balaban J connectivity index is 0.00000264. The van der Waals surface area contributed by atoms with Crippen molar-refractivity contribution in [2.45, 2.75) is 26.3 Å². The number of aryl methyl sites for hydroxylation is 1. The number of hydrogen-bond donors (Lipinski definition) is 1. The maximum atomic E-state index is 12.7. The van der Waals surface area contributed by atoms with Crippen molar-refractivity contribution in [3.8, 4) is 0 Å². The molecule has 2 aromatic carbocycles. The summed E-state index contributed by atoms with van der Waals surface area (Å²) in [5, 5.41) is 0. The van der Waals surface area contributed by atoms with E-state index in [1.165, 1.54) is 5.56 Å². The minimum absolute atomic E-state index is 0. The van der Waals surface area contributed by atoms with E-state index in [9.17, 15) is 4.79 Å². The Labute approximate surface area is 144 Å². The van der Waals surface area contributed by atoms with Gasteiger partial charge in [-0.15, -0.1) is 12.4 Å². The molecule has 0 unspecified atom stereocenters. The van der Waals surface area contributed by atoms with Gasteiger partial charge in [-0.05, 0) is 42.6 Å². The summed E-state index contributed by atoms with van der Waals surface area (Å²) in [7, 11) is 0. The van der Waals surface area contributed by atoms with Gasteiger partial charge in [0.2, 0.25) is 0 Å². The summed E-state index contributed by atoms with van der Waals surface area (Å²) in [4.78, 5) is 14.6. The van der Waals surface area contributed by atoms with Gasteiger partial charge in [0.05, 0.1) is 0 Å². The fraction of sp³-hybridized carbons (Fsp3) is 0.316. The molecule has 1 amide bonds. The number of rotatable bonds is 7. The predicted octanol–water partition coefficient (Wildman–Crippen LogP) is 3.66. The van der Waals surface area contributed by atoms with E-state index in [-0.39, 0.29) is 18.3 Å². The van der Waals surface area contributed by atoms with Crippen LogP contribution in [0.4, 0.5) is 0 Å². The highest BCUT2D eigenvalue weighted by Crippen LogP contribution is 2.12. The standard InChI is InChI=1S/C19H24N2O.ClH/c1-2-16-9-11-18(12-10-16)19(22)21(14-6-13-20)15-17-7-4-3-5-8-17;/h3-5,7-12H,2,6,13-15,20H2,1H3;1H. The SMILES string of the molecule is CCc1ccc(C(=O)N(CCCN)Cc2ccccc2)cc1.Cl. The van der Waals surface area contributed by atoms with Crippen molar-refractivity contribution in [3.63, 3.8) is 0 Å². The van der Waals surface area contributed by atoms with E-state index in [4.69, 9.17) is 5.73 Å².